The Morgan fingerprint density at radius 2 is 2.04 bits per heavy atom. The van der Waals surface area contributed by atoms with Crippen molar-refractivity contribution in [1.29, 1.82) is 0 Å². The fraction of sp³-hybridized carbons (Fsp3) is 0.556. The standard InChI is InChI=1S/C18H25BrN2O5S/c1-18(2,3)26-17(23)20-14-7-5-9-21(11-14)16(22)12-27(24,25)15-8-4-6-13(19)10-15/h4,6,8,10,14H,5,7,9,11-12H2,1-3H3,(H,20,23)/t14-/m1/s1. The zero-order valence-electron chi connectivity index (χ0n) is 15.7. The number of hydrogen-bond donors (Lipinski definition) is 1. The SMILES string of the molecule is CC(C)(C)OC(=O)N[C@@H]1CCCN(C(=O)CS(=O)(=O)c2cccc(Br)c2)C1. The van der Waals surface area contributed by atoms with E-state index in [1.54, 1.807) is 32.9 Å². The van der Waals surface area contributed by atoms with Gasteiger partial charge in [-0.1, -0.05) is 22.0 Å². The van der Waals surface area contributed by atoms with Crippen LogP contribution < -0.4 is 5.32 Å². The van der Waals surface area contributed by atoms with Crippen molar-refractivity contribution in [2.45, 2.75) is 50.2 Å². The molecule has 1 fully saturated rings. The lowest BCUT2D eigenvalue weighted by atomic mass is 10.1. The molecule has 1 aliphatic rings. The number of hydrogen-bond acceptors (Lipinski definition) is 5. The van der Waals surface area contributed by atoms with Gasteiger partial charge in [0.1, 0.15) is 11.4 Å². The number of sulfone groups is 1. The van der Waals surface area contributed by atoms with Gasteiger partial charge in [0.15, 0.2) is 9.84 Å². The minimum Gasteiger partial charge on any atom is -0.444 e. The summed E-state index contributed by atoms with van der Waals surface area (Å²) in [4.78, 5) is 26.0. The summed E-state index contributed by atoms with van der Waals surface area (Å²) in [6.07, 6.45) is 0.855. The van der Waals surface area contributed by atoms with Gasteiger partial charge in [-0.05, 0) is 51.8 Å². The predicted molar refractivity (Wildman–Crippen MR) is 105 cm³/mol. The third kappa shape index (κ3) is 6.80. The van der Waals surface area contributed by atoms with Crippen LogP contribution in [0.3, 0.4) is 0 Å². The maximum absolute atomic E-state index is 12.5. The van der Waals surface area contributed by atoms with E-state index in [0.717, 1.165) is 0 Å². The maximum atomic E-state index is 12.5. The van der Waals surface area contributed by atoms with Crippen molar-refractivity contribution in [3.05, 3.63) is 28.7 Å². The highest BCUT2D eigenvalue weighted by molar-refractivity contribution is 9.10. The molecule has 9 heteroatoms. The second kappa shape index (κ2) is 8.60. The van der Waals surface area contributed by atoms with E-state index in [2.05, 4.69) is 21.2 Å². The summed E-state index contributed by atoms with van der Waals surface area (Å²) in [5.41, 5.74) is -0.605. The second-order valence-electron chi connectivity index (χ2n) is 7.54. The number of ether oxygens (including phenoxy) is 1. The summed E-state index contributed by atoms with van der Waals surface area (Å²) >= 11 is 3.24. The first-order valence-corrected chi connectivity index (χ1v) is 11.2. The Hall–Kier alpha value is -1.61. The molecule has 0 radical (unpaired) electrons. The second-order valence-corrected chi connectivity index (χ2v) is 10.4. The highest BCUT2D eigenvalue weighted by atomic mass is 79.9. The quantitative estimate of drug-likeness (QED) is 0.745. The Morgan fingerprint density at radius 1 is 1.33 bits per heavy atom. The minimum atomic E-state index is -3.73. The highest BCUT2D eigenvalue weighted by Gasteiger charge is 2.29. The number of halogens is 1. The fourth-order valence-electron chi connectivity index (χ4n) is 2.79. The normalized spacial score (nSPS) is 18.1. The van der Waals surface area contributed by atoms with Gasteiger partial charge in [0.05, 0.1) is 4.90 Å². The molecule has 0 saturated carbocycles. The molecule has 1 N–H and O–H groups in total. The lowest BCUT2D eigenvalue weighted by Gasteiger charge is -2.33. The van der Waals surface area contributed by atoms with Crippen LogP contribution in [0.2, 0.25) is 0 Å². The molecule has 1 heterocycles. The highest BCUT2D eigenvalue weighted by Crippen LogP contribution is 2.19. The number of piperidine rings is 1. The number of alkyl carbamates (subject to hydrolysis) is 1. The van der Waals surface area contributed by atoms with E-state index in [-0.39, 0.29) is 17.5 Å². The van der Waals surface area contributed by atoms with Gasteiger partial charge in [-0.2, -0.15) is 0 Å². The van der Waals surface area contributed by atoms with Gasteiger partial charge >= 0.3 is 6.09 Å². The number of nitrogens with zero attached hydrogens (tertiary/aromatic N) is 1. The molecule has 1 aromatic rings. The Labute approximate surface area is 168 Å². The van der Waals surface area contributed by atoms with Crippen LogP contribution in [-0.2, 0) is 19.4 Å². The fourth-order valence-corrected chi connectivity index (χ4v) is 4.61. The third-order valence-electron chi connectivity index (χ3n) is 3.96. The van der Waals surface area contributed by atoms with Crippen LogP contribution in [0.15, 0.2) is 33.6 Å². The molecule has 0 bridgehead atoms. The molecule has 2 amide bonds. The van der Waals surface area contributed by atoms with Gasteiger partial charge in [0, 0.05) is 23.6 Å². The molecule has 1 atom stereocenters. The van der Waals surface area contributed by atoms with Crippen molar-refractivity contribution in [2.75, 3.05) is 18.8 Å². The molecule has 150 valence electrons. The molecule has 0 spiro atoms. The summed E-state index contributed by atoms with van der Waals surface area (Å²) in [6.45, 7) is 6.06. The van der Waals surface area contributed by atoms with Crippen molar-refractivity contribution in [1.82, 2.24) is 10.2 Å². The van der Waals surface area contributed by atoms with Gasteiger partial charge in [0.2, 0.25) is 5.91 Å². The summed E-state index contributed by atoms with van der Waals surface area (Å²) in [7, 11) is -3.73. The Bertz CT molecular complexity index is 804. The predicted octanol–water partition coefficient (Wildman–Crippen LogP) is 2.74. The van der Waals surface area contributed by atoms with Gasteiger partial charge < -0.3 is 15.0 Å². The van der Waals surface area contributed by atoms with Crippen LogP contribution in [0, 0.1) is 0 Å². The maximum Gasteiger partial charge on any atom is 0.407 e. The zero-order valence-corrected chi connectivity index (χ0v) is 18.1. The molecule has 2 rings (SSSR count). The number of carbonyl (C=O) groups is 2. The Balaban J connectivity index is 1.97. The minimum absolute atomic E-state index is 0.102. The first kappa shape index (κ1) is 21.7. The number of rotatable bonds is 4. The Kier molecular flexibility index (Phi) is 6.91. The van der Waals surface area contributed by atoms with Gasteiger partial charge in [-0.15, -0.1) is 0 Å². The smallest absolute Gasteiger partial charge is 0.407 e. The number of carbonyl (C=O) groups excluding carboxylic acids is 2. The van der Waals surface area contributed by atoms with Crippen LogP contribution in [0.4, 0.5) is 4.79 Å². The Morgan fingerprint density at radius 3 is 2.67 bits per heavy atom. The molecule has 1 aromatic carbocycles. The summed E-state index contributed by atoms with van der Waals surface area (Å²) in [6, 6.07) is 6.02. The van der Waals surface area contributed by atoms with E-state index in [1.807, 2.05) is 0 Å². The molecule has 1 aliphatic heterocycles. The average molecular weight is 461 g/mol. The molecule has 0 aromatic heterocycles. The molecule has 27 heavy (non-hydrogen) atoms. The first-order chi connectivity index (χ1) is 12.5. The van der Waals surface area contributed by atoms with E-state index < -0.39 is 33.2 Å². The first-order valence-electron chi connectivity index (χ1n) is 8.72. The molecule has 0 aliphatic carbocycles. The van der Waals surface area contributed by atoms with Gasteiger partial charge in [-0.25, -0.2) is 13.2 Å². The number of benzene rings is 1. The van der Waals surface area contributed by atoms with Crippen molar-refractivity contribution in [3.8, 4) is 0 Å². The van der Waals surface area contributed by atoms with E-state index >= 15 is 0 Å². The summed E-state index contributed by atoms with van der Waals surface area (Å²) in [5, 5.41) is 2.75. The zero-order chi connectivity index (χ0) is 20.2. The largest absolute Gasteiger partial charge is 0.444 e. The average Bonchev–Trinajstić information content (AvgIpc) is 2.53. The third-order valence-corrected chi connectivity index (χ3v) is 6.06. The molecular formula is C18H25BrN2O5S. The molecular weight excluding hydrogens is 436 g/mol. The van der Waals surface area contributed by atoms with E-state index in [4.69, 9.17) is 4.74 Å². The summed E-state index contributed by atoms with van der Waals surface area (Å²) in [5.74, 6) is -1.06. The monoisotopic (exact) mass is 460 g/mol. The number of likely N-dealkylation sites (tertiary alicyclic amines) is 1. The van der Waals surface area contributed by atoms with E-state index in [9.17, 15) is 18.0 Å². The lowest BCUT2D eigenvalue weighted by Crippen LogP contribution is -2.51. The van der Waals surface area contributed by atoms with Crippen LogP contribution in [0.5, 0.6) is 0 Å². The van der Waals surface area contributed by atoms with Crippen molar-refractivity contribution < 1.29 is 22.7 Å². The lowest BCUT2D eigenvalue weighted by molar-refractivity contribution is -0.129. The number of nitrogens with one attached hydrogen (secondary N) is 1. The van der Waals surface area contributed by atoms with Crippen molar-refractivity contribution >= 4 is 37.8 Å². The van der Waals surface area contributed by atoms with Crippen LogP contribution >= 0.6 is 15.9 Å². The topological polar surface area (TPSA) is 92.8 Å². The number of amides is 2. The van der Waals surface area contributed by atoms with Gasteiger partial charge in [0.25, 0.3) is 0 Å². The van der Waals surface area contributed by atoms with Crippen molar-refractivity contribution in [2.24, 2.45) is 0 Å². The van der Waals surface area contributed by atoms with Crippen LogP contribution in [0.1, 0.15) is 33.6 Å². The van der Waals surface area contributed by atoms with E-state index in [0.29, 0.717) is 23.9 Å². The van der Waals surface area contributed by atoms with Crippen LogP contribution in [0.25, 0.3) is 0 Å². The molecule has 7 nitrogen and oxygen atoms in total. The van der Waals surface area contributed by atoms with E-state index in [1.165, 1.54) is 17.0 Å². The van der Waals surface area contributed by atoms with Crippen LogP contribution in [-0.4, -0.2) is 55.8 Å². The van der Waals surface area contributed by atoms with Gasteiger partial charge in [-0.3, -0.25) is 4.79 Å². The van der Waals surface area contributed by atoms with Crippen molar-refractivity contribution in [3.63, 3.8) is 0 Å². The molecule has 0 unspecified atom stereocenters. The molecule has 1 saturated heterocycles. The summed E-state index contributed by atoms with van der Waals surface area (Å²) < 4.78 is 30.9.